The van der Waals surface area contributed by atoms with Crippen LogP contribution in [-0.4, -0.2) is 35.1 Å². The molecule has 0 atom stereocenters. The van der Waals surface area contributed by atoms with Crippen molar-refractivity contribution in [2.45, 2.75) is 18.9 Å². The Bertz CT molecular complexity index is 431. The van der Waals surface area contributed by atoms with Gasteiger partial charge in [0.15, 0.2) is 0 Å². The molecule has 5 heteroatoms. The number of carbonyl (C=O) groups excluding carboxylic acids is 1. The van der Waals surface area contributed by atoms with Gasteiger partial charge in [0.05, 0.1) is 16.7 Å². The smallest absolute Gasteiger partial charge is 0.255 e. The second-order valence-corrected chi connectivity index (χ2v) is 4.50. The summed E-state index contributed by atoms with van der Waals surface area (Å²) < 4.78 is 13.2. The van der Waals surface area contributed by atoms with Crippen LogP contribution in [0.2, 0.25) is 5.02 Å². The maximum absolute atomic E-state index is 13.2. The zero-order valence-electron chi connectivity index (χ0n) is 9.20. The first kappa shape index (κ1) is 12.3. The summed E-state index contributed by atoms with van der Waals surface area (Å²) in [5.41, 5.74) is 0.183. The molecule has 1 N–H and O–H groups in total. The Labute approximate surface area is 104 Å². The minimum absolute atomic E-state index is 0.136. The summed E-state index contributed by atoms with van der Waals surface area (Å²) in [6, 6.07) is 4.20. The Morgan fingerprint density at radius 3 is 2.71 bits per heavy atom. The number of nitrogens with zero attached hydrogens (tertiary/aromatic N) is 1. The Balaban J connectivity index is 2.17. The zero-order chi connectivity index (χ0) is 12.4. The van der Waals surface area contributed by atoms with Crippen molar-refractivity contribution >= 4 is 17.5 Å². The molecule has 0 bridgehead atoms. The van der Waals surface area contributed by atoms with Gasteiger partial charge in [0.1, 0.15) is 5.82 Å². The molecule has 1 amide bonds. The number of amides is 1. The number of aliphatic hydroxyl groups is 1. The average molecular weight is 258 g/mol. The van der Waals surface area contributed by atoms with Crippen molar-refractivity contribution in [3.05, 3.63) is 34.6 Å². The fourth-order valence-corrected chi connectivity index (χ4v) is 2.12. The van der Waals surface area contributed by atoms with Crippen molar-refractivity contribution in [1.82, 2.24) is 4.90 Å². The Hall–Kier alpha value is -1.13. The van der Waals surface area contributed by atoms with Crippen molar-refractivity contribution in [3.8, 4) is 0 Å². The van der Waals surface area contributed by atoms with Gasteiger partial charge in [-0.1, -0.05) is 17.7 Å². The van der Waals surface area contributed by atoms with Crippen molar-refractivity contribution in [1.29, 1.82) is 0 Å². The molecule has 0 aliphatic carbocycles. The van der Waals surface area contributed by atoms with Crippen molar-refractivity contribution in [2.24, 2.45) is 0 Å². The van der Waals surface area contributed by atoms with Gasteiger partial charge >= 0.3 is 0 Å². The van der Waals surface area contributed by atoms with E-state index in [2.05, 4.69) is 0 Å². The van der Waals surface area contributed by atoms with Crippen LogP contribution in [0.25, 0.3) is 0 Å². The number of benzene rings is 1. The number of hydrogen-bond acceptors (Lipinski definition) is 2. The van der Waals surface area contributed by atoms with Crippen LogP contribution >= 0.6 is 11.6 Å². The normalized spacial score (nSPS) is 17.2. The van der Waals surface area contributed by atoms with Crippen molar-refractivity contribution in [2.75, 3.05) is 13.1 Å². The summed E-state index contributed by atoms with van der Waals surface area (Å²) in [4.78, 5) is 13.7. The number of piperidine rings is 1. The molecule has 17 heavy (non-hydrogen) atoms. The first-order valence-electron chi connectivity index (χ1n) is 5.51. The van der Waals surface area contributed by atoms with E-state index in [1.807, 2.05) is 0 Å². The van der Waals surface area contributed by atoms with E-state index in [4.69, 9.17) is 11.6 Å². The standard InChI is InChI=1S/C12H13ClFNO2/c13-11-9(2-1-3-10(11)14)12(17)15-6-4-8(16)5-7-15/h1-3,8,16H,4-7H2. The molecule has 2 rings (SSSR count). The Kier molecular flexibility index (Phi) is 3.64. The lowest BCUT2D eigenvalue weighted by Gasteiger charge is -2.29. The second-order valence-electron chi connectivity index (χ2n) is 4.12. The predicted molar refractivity (Wildman–Crippen MR) is 62.6 cm³/mol. The van der Waals surface area contributed by atoms with Crippen LogP contribution < -0.4 is 0 Å². The van der Waals surface area contributed by atoms with Gasteiger partial charge in [-0.15, -0.1) is 0 Å². The highest BCUT2D eigenvalue weighted by Crippen LogP contribution is 2.22. The van der Waals surface area contributed by atoms with Gasteiger partial charge < -0.3 is 10.0 Å². The third-order valence-corrected chi connectivity index (χ3v) is 3.32. The van der Waals surface area contributed by atoms with E-state index in [0.29, 0.717) is 25.9 Å². The van der Waals surface area contributed by atoms with Crippen LogP contribution in [-0.2, 0) is 0 Å². The van der Waals surface area contributed by atoms with Gasteiger partial charge in [-0.3, -0.25) is 4.79 Å². The van der Waals surface area contributed by atoms with E-state index < -0.39 is 5.82 Å². The first-order chi connectivity index (χ1) is 8.09. The van der Waals surface area contributed by atoms with Crippen LogP contribution in [0.15, 0.2) is 18.2 Å². The van der Waals surface area contributed by atoms with Crippen LogP contribution in [0.4, 0.5) is 4.39 Å². The molecular formula is C12H13ClFNO2. The van der Waals surface area contributed by atoms with E-state index in [1.54, 1.807) is 4.90 Å². The molecular weight excluding hydrogens is 245 g/mol. The number of halogens is 2. The van der Waals surface area contributed by atoms with E-state index >= 15 is 0 Å². The van der Waals surface area contributed by atoms with Gasteiger partial charge in [0, 0.05) is 13.1 Å². The van der Waals surface area contributed by atoms with Crippen molar-refractivity contribution < 1.29 is 14.3 Å². The molecule has 92 valence electrons. The van der Waals surface area contributed by atoms with Crippen LogP contribution in [0.3, 0.4) is 0 Å². The summed E-state index contributed by atoms with van der Waals surface area (Å²) in [6.45, 7) is 0.958. The molecule has 1 saturated heterocycles. The van der Waals surface area contributed by atoms with Crippen LogP contribution in [0, 0.1) is 5.82 Å². The largest absolute Gasteiger partial charge is 0.393 e. The number of hydrogen-bond donors (Lipinski definition) is 1. The summed E-state index contributed by atoms with van der Waals surface area (Å²) in [5, 5.41) is 9.22. The first-order valence-corrected chi connectivity index (χ1v) is 5.88. The van der Waals surface area contributed by atoms with Gasteiger partial charge in [0.2, 0.25) is 0 Å². The lowest BCUT2D eigenvalue weighted by molar-refractivity contribution is 0.0546. The molecule has 1 aliphatic rings. The minimum Gasteiger partial charge on any atom is -0.393 e. The molecule has 1 aliphatic heterocycles. The monoisotopic (exact) mass is 257 g/mol. The fraction of sp³-hybridized carbons (Fsp3) is 0.417. The van der Waals surface area contributed by atoms with E-state index in [-0.39, 0.29) is 22.6 Å². The van der Waals surface area contributed by atoms with Crippen LogP contribution in [0.5, 0.6) is 0 Å². The lowest BCUT2D eigenvalue weighted by atomic mass is 10.1. The SMILES string of the molecule is O=C(c1cccc(F)c1Cl)N1CCC(O)CC1. The van der Waals surface area contributed by atoms with E-state index in [1.165, 1.54) is 18.2 Å². The highest BCUT2D eigenvalue weighted by Gasteiger charge is 2.24. The third-order valence-electron chi connectivity index (χ3n) is 2.93. The zero-order valence-corrected chi connectivity index (χ0v) is 9.95. The molecule has 0 unspecified atom stereocenters. The Morgan fingerprint density at radius 1 is 1.41 bits per heavy atom. The van der Waals surface area contributed by atoms with E-state index in [9.17, 15) is 14.3 Å². The molecule has 3 nitrogen and oxygen atoms in total. The predicted octanol–water partition coefficient (Wildman–Crippen LogP) is 2.08. The van der Waals surface area contributed by atoms with Gasteiger partial charge in [-0.25, -0.2) is 4.39 Å². The number of aliphatic hydroxyl groups excluding tert-OH is 1. The van der Waals surface area contributed by atoms with Gasteiger partial charge in [0.25, 0.3) is 5.91 Å². The number of likely N-dealkylation sites (tertiary alicyclic amines) is 1. The topological polar surface area (TPSA) is 40.5 Å². The molecule has 0 spiro atoms. The van der Waals surface area contributed by atoms with E-state index in [0.717, 1.165) is 0 Å². The summed E-state index contributed by atoms with van der Waals surface area (Å²) in [5.74, 6) is -0.865. The number of rotatable bonds is 1. The summed E-state index contributed by atoms with van der Waals surface area (Å²) in [7, 11) is 0. The Morgan fingerprint density at radius 2 is 2.06 bits per heavy atom. The van der Waals surface area contributed by atoms with Gasteiger partial charge in [-0.05, 0) is 25.0 Å². The summed E-state index contributed by atoms with van der Waals surface area (Å²) >= 11 is 5.76. The quantitative estimate of drug-likeness (QED) is 0.837. The maximum atomic E-state index is 13.2. The third kappa shape index (κ3) is 2.58. The maximum Gasteiger partial charge on any atom is 0.255 e. The fourth-order valence-electron chi connectivity index (χ4n) is 1.91. The highest BCUT2D eigenvalue weighted by molar-refractivity contribution is 6.34. The lowest BCUT2D eigenvalue weighted by Crippen LogP contribution is -2.40. The number of carbonyl (C=O) groups is 1. The molecule has 0 aromatic heterocycles. The average Bonchev–Trinajstić information content (AvgIpc) is 2.33. The second kappa shape index (κ2) is 5.02. The molecule has 0 saturated carbocycles. The molecule has 0 radical (unpaired) electrons. The molecule has 1 fully saturated rings. The highest BCUT2D eigenvalue weighted by atomic mass is 35.5. The molecule has 1 aromatic carbocycles. The molecule has 1 aromatic rings. The van der Waals surface area contributed by atoms with Crippen LogP contribution in [0.1, 0.15) is 23.2 Å². The minimum atomic E-state index is -0.588. The van der Waals surface area contributed by atoms with Crippen molar-refractivity contribution in [3.63, 3.8) is 0 Å². The molecule has 1 heterocycles. The summed E-state index contributed by atoms with van der Waals surface area (Å²) in [6.07, 6.45) is 0.763. The van der Waals surface area contributed by atoms with Gasteiger partial charge in [-0.2, -0.15) is 0 Å².